The van der Waals surface area contributed by atoms with Gasteiger partial charge in [0.2, 0.25) is 0 Å². The van der Waals surface area contributed by atoms with Crippen LogP contribution in [-0.4, -0.2) is 16.6 Å². The Morgan fingerprint density at radius 1 is 1.40 bits per heavy atom. The van der Waals surface area contributed by atoms with Gasteiger partial charge in [0.25, 0.3) is 0 Å². The normalized spacial score (nSPS) is 11.2. The number of hydrogen-bond donors (Lipinski definition) is 1. The number of furan rings is 1. The van der Waals surface area contributed by atoms with Crippen molar-refractivity contribution in [2.24, 2.45) is 0 Å². The average Bonchev–Trinajstić information content (AvgIpc) is 2.87. The Bertz CT molecular complexity index is 571. The van der Waals surface area contributed by atoms with E-state index in [1.54, 1.807) is 24.7 Å². The number of esters is 1. The van der Waals surface area contributed by atoms with Gasteiger partial charge in [-0.05, 0) is 39.0 Å². The van der Waals surface area contributed by atoms with Crippen LogP contribution in [0.4, 0.5) is 5.69 Å². The van der Waals surface area contributed by atoms with Crippen molar-refractivity contribution in [3.05, 3.63) is 48.2 Å². The average molecular weight is 274 g/mol. The van der Waals surface area contributed by atoms with E-state index in [-0.39, 0.29) is 5.97 Å². The van der Waals surface area contributed by atoms with Gasteiger partial charge in [0.1, 0.15) is 11.4 Å². The molecule has 0 spiro atoms. The monoisotopic (exact) mass is 274 g/mol. The Morgan fingerprint density at radius 2 is 2.20 bits per heavy atom. The predicted octanol–water partition coefficient (Wildman–Crippen LogP) is 3.24. The fraction of sp³-hybridized carbons (Fsp3) is 0.333. The number of nitrogens with one attached hydrogen (secondary N) is 1. The molecule has 2 rings (SSSR count). The lowest BCUT2D eigenvalue weighted by Crippen LogP contribution is -2.24. The smallest absolute Gasteiger partial charge is 0.340 e. The van der Waals surface area contributed by atoms with Gasteiger partial charge < -0.3 is 14.5 Å². The summed E-state index contributed by atoms with van der Waals surface area (Å²) in [5.41, 5.74) is 0.554. The third kappa shape index (κ3) is 3.85. The zero-order valence-corrected chi connectivity index (χ0v) is 11.8. The molecule has 0 saturated heterocycles. The highest BCUT2D eigenvalue weighted by molar-refractivity contribution is 5.95. The molecule has 0 bridgehead atoms. The van der Waals surface area contributed by atoms with Crippen LogP contribution in [0.15, 0.2) is 41.3 Å². The molecule has 5 heteroatoms. The van der Waals surface area contributed by atoms with Crippen LogP contribution < -0.4 is 5.32 Å². The second-order valence-electron chi connectivity index (χ2n) is 5.36. The topological polar surface area (TPSA) is 64.4 Å². The lowest BCUT2D eigenvalue weighted by molar-refractivity contribution is 0.00705. The second-order valence-corrected chi connectivity index (χ2v) is 5.36. The van der Waals surface area contributed by atoms with Crippen LogP contribution in [0.2, 0.25) is 0 Å². The number of carbonyl (C=O) groups excluding carboxylic acids is 1. The minimum absolute atomic E-state index is 0.373. The third-order valence-corrected chi connectivity index (χ3v) is 2.47. The van der Waals surface area contributed by atoms with Crippen LogP contribution >= 0.6 is 0 Å². The zero-order chi connectivity index (χ0) is 14.6. The van der Waals surface area contributed by atoms with E-state index >= 15 is 0 Å². The van der Waals surface area contributed by atoms with Crippen molar-refractivity contribution in [3.8, 4) is 0 Å². The quantitative estimate of drug-likeness (QED) is 0.867. The van der Waals surface area contributed by atoms with Gasteiger partial charge in [-0.25, -0.2) is 4.79 Å². The van der Waals surface area contributed by atoms with E-state index in [1.165, 1.54) is 0 Å². The van der Waals surface area contributed by atoms with Crippen LogP contribution in [0.1, 0.15) is 36.9 Å². The van der Waals surface area contributed by atoms with Crippen LogP contribution in [-0.2, 0) is 11.3 Å². The number of nitrogens with zero attached hydrogens (tertiary/aromatic N) is 1. The van der Waals surface area contributed by atoms with Gasteiger partial charge in [-0.15, -0.1) is 0 Å². The summed E-state index contributed by atoms with van der Waals surface area (Å²) in [4.78, 5) is 16.2. The number of aromatic nitrogens is 1. The number of ether oxygens (including phenoxy) is 1. The molecule has 2 aromatic heterocycles. The Hall–Kier alpha value is -2.30. The molecule has 0 aliphatic rings. The Kier molecular flexibility index (Phi) is 4.08. The molecule has 1 N–H and O–H groups in total. The van der Waals surface area contributed by atoms with E-state index in [0.717, 1.165) is 5.76 Å². The molecule has 0 unspecified atom stereocenters. The van der Waals surface area contributed by atoms with Crippen molar-refractivity contribution in [2.75, 3.05) is 5.32 Å². The largest absolute Gasteiger partial charge is 0.467 e. The third-order valence-electron chi connectivity index (χ3n) is 2.47. The number of hydrogen-bond acceptors (Lipinski definition) is 5. The summed E-state index contributed by atoms with van der Waals surface area (Å²) >= 11 is 0. The summed E-state index contributed by atoms with van der Waals surface area (Å²) in [5.74, 6) is 0.408. The fourth-order valence-corrected chi connectivity index (χ4v) is 1.64. The molecule has 0 aliphatic heterocycles. The highest BCUT2D eigenvalue weighted by atomic mass is 16.6. The van der Waals surface area contributed by atoms with E-state index in [0.29, 0.717) is 17.8 Å². The molecule has 0 radical (unpaired) electrons. The fourth-order valence-electron chi connectivity index (χ4n) is 1.64. The van der Waals surface area contributed by atoms with Gasteiger partial charge >= 0.3 is 5.97 Å². The molecule has 20 heavy (non-hydrogen) atoms. The Labute approximate surface area is 118 Å². The molecule has 0 atom stereocenters. The molecular formula is C15H18N2O3. The lowest BCUT2D eigenvalue weighted by atomic mass is 10.1. The molecule has 0 fully saturated rings. The van der Waals surface area contributed by atoms with Crippen molar-refractivity contribution in [3.63, 3.8) is 0 Å². The van der Waals surface area contributed by atoms with E-state index in [2.05, 4.69) is 10.3 Å². The van der Waals surface area contributed by atoms with Gasteiger partial charge in [-0.2, -0.15) is 0 Å². The lowest BCUT2D eigenvalue weighted by Gasteiger charge is -2.20. The van der Waals surface area contributed by atoms with E-state index in [1.807, 2.05) is 32.9 Å². The van der Waals surface area contributed by atoms with Crippen molar-refractivity contribution in [1.82, 2.24) is 4.98 Å². The van der Waals surface area contributed by atoms with Crippen molar-refractivity contribution >= 4 is 11.7 Å². The maximum absolute atomic E-state index is 12.1. The van der Waals surface area contributed by atoms with E-state index in [4.69, 9.17) is 9.15 Å². The van der Waals surface area contributed by atoms with Crippen molar-refractivity contribution in [1.29, 1.82) is 0 Å². The standard InChI is InChI=1S/C15H18N2O3/c1-15(2,3)20-14(18)12-6-7-16-10-13(12)17-9-11-5-4-8-19-11/h4-8,10,17H,9H2,1-3H3. The number of anilines is 1. The predicted molar refractivity (Wildman–Crippen MR) is 75.4 cm³/mol. The second kappa shape index (κ2) is 5.77. The van der Waals surface area contributed by atoms with E-state index < -0.39 is 5.60 Å². The zero-order valence-electron chi connectivity index (χ0n) is 11.8. The molecule has 0 saturated carbocycles. The molecule has 0 amide bonds. The summed E-state index contributed by atoms with van der Waals surface area (Å²) in [6.07, 6.45) is 4.77. The molecule has 106 valence electrons. The van der Waals surface area contributed by atoms with Crippen LogP contribution in [0, 0.1) is 0 Å². The summed E-state index contributed by atoms with van der Waals surface area (Å²) < 4.78 is 10.6. The molecule has 0 aromatic carbocycles. The summed E-state index contributed by atoms with van der Waals surface area (Å²) in [7, 11) is 0. The minimum Gasteiger partial charge on any atom is -0.467 e. The maximum atomic E-state index is 12.1. The molecule has 0 aliphatic carbocycles. The highest BCUT2D eigenvalue weighted by Crippen LogP contribution is 2.19. The molecular weight excluding hydrogens is 256 g/mol. The first-order valence-corrected chi connectivity index (χ1v) is 6.39. The van der Waals surface area contributed by atoms with Gasteiger partial charge in [0, 0.05) is 6.20 Å². The van der Waals surface area contributed by atoms with Gasteiger partial charge in [-0.1, -0.05) is 0 Å². The molecule has 2 aromatic rings. The first-order chi connectivity index (χ1) is 9.46. The number of carbonyl (C=O) groups is 1. The van der Waals surface area contributed by atoms with Crippen LogP contribution in [0.25, 0.3) is 0 Å². The maximum Gasteiger partial charge on any atom is 0.340 e. The van der Waals surface area contributed by atoms with Crippen molar-refractivity contribution in [2.45, 2.75) is 32.9 Å². The van der Waals surface area contributed by atoms with E-state index in [9.17, 15) is 4.79 Å². The molecule has 2 heterocycles. The molecule has 5 nitrogen and oxygen atoms in total. The Morgan fingerprint density at radius 3 is 2.85 bits per heavy atom. The number of pyridine rings is 1. The first kappa shape index (κ1) is 14.1. The highest BCUT2D eigenvalue weighted by Gasteiger charge is 2.20. The first-order valence-electron chi connectivity index (χ1n) is 6.39. The van der Waals surface area contributed by atoms with Crippen molar-refractivity contribution < 1.29 is 13.9 Å². The summed E-state index contributed by atoms with van der Waals surface area (Å²) in [6.45, 7) is 5.99. The van der Waals surface area contributed by atoms with Crippen LogP contribution in [0.5, 0.6) is 0 Å². The SMILES string of the molecule is CC(C)(C)OC(=O)c1ccncc1NCc1ccco1. The van der Waals surface area contributed by atoms with Gasteiger partial charge in [0.05, 0.1) is 30.3 Å². The van der Waals surface area contributed by atoms with Gasteiger partial charge in [0.15, 0.2) is 0 Å². The minimum atomic E-state index is -0.529. The van der Waals surface area contributed by atoms with Gasteiger partial charge in [-0.3, -0.25) is 4.98 Å². The van der Waals surface area contributed by atoms with Crippen LogP contribution in [0.3, 0.4) is 0 Å². The number of rotatable bonds is 4. The summed E-state index contributed by atoms with van der Waals surface area (Å²) in [5, 5.41) is 3.13. The Balaban J connectivity index is 2.11. The summed E-state index contributed by atoms with van der Waals surface area (Å²) in [6, 6.07) is 5.31.